The minimum atomic E-state index is -0.963. The van der Waals surface area contributed by atoms with E-state index in [0.29, 0.717) is 38.2 Å². The Morgan fingerprint density at radius 1 is 1.06 bits per heavy atom. The predicted molar refractivity (Wildman–Crippen MR) is 125 cm³/mol. The second kappa shape index (κ2) is 8.27. The van der Waals surface area contributed by atoms with Gasteiger partial charge in [0, 0.05) is 19.5 Å². The lowest BCUT2D eigenvalue weighted by Gasteiger charge is -2.32. The highest BCUT2D eigenvalue weighted by Gasteiger charge is 2.52. The topological polar surface area (TPSA) is 122 Å². The van der Waals surface area contributed by atoms with Crippen molar-refractivity contribution in [1.82, 2.24) is 29.3 Å². The number of benzene rings is 1. The largest absolute Gasteiger partial charge is 0.330 e. The number of hydrogen-bond acceptors (Lipinski definition) is 5. The lowest BCUT2D eigenvalue weighted by molar-refractivity contribution is -0.132. The molecule has 178 valence electrons. The third-order valence-corrected chi connectivity index (χ3v) is 6.99. The highest BCUT2D eigenvalue weighted by Crippen LogP contribution is 2.34. The first-order valence-corrected chi connectivity index (χ1v) is 11.8. The van der Waals surface area contributed by atoms with Crippen molar-refractivity contribution < 1.29 is 9.59 Å². The van der Waals surface area contributed by atoms with Gasteiger partial charge in [-0.1, -0.05) is 37.6 Å². The highest BCUT2D eigenvalue weighted by atomic mass is 16.2. The van der Waals surface area contributed by atoms with Crippen LogP contribution in [0.2, 0.25) is 0 Å². The number of nitrogens with zero attached hydrogens (tertiary/aromatic N) is 4. The van der Waals surface area contributed by atoms with Crippen LogP contribution >= 0.6 is 0 Å². The van der Waals surface area contributed by atoms with Crippen molar-refractivity contribution >= 4 is 23.1 Å². The van der Waals surface area contributed by atoms with Crippen LogP contribution in [0.1, 0.15) is 50.1 Å². The molecule has 2 N–H and O–H groups in total. The number of aryl methyl sites for hydroxylation is 3. The van der Waals surface area contributed by atoms with Crippen molar-refractivity contribution in [3.63, 3.8) is 0 Å². The molecule has 1 fully saturated rings. The van der Waals surface area contributed by atoms with Gasteiger partial charge in [0.25, 0.3) is 11.5 Å². The van der Waals surface area contributed by atoms with Crippen molar-refractivity contribution in [3.8, 4) is 0 Å². The second-order valence-corrected chi connectivity index (χ2v) is 9.06. The van der Waals surface area contributed by atoms with Crippen LogP contribution in [-0.4, -0.2) is 41.5 Å². The minimum Gasteiger partial charge on any atom is -0.323 e. The van der Waals surface area contributed by atoms with Crippen LogP contribution in [0.25, 0.3) is 11.2 Å². The third kappa shape index (κ3) is 3.36. The standard InChI is InChI=1S/C24H28N6O4/c1-3-5-12-29-19-18(20(31)26-22(29)33)28(4-2)17(25-19)14-30-21(32)24(27-23(30)34)11-10-15-8-6-7-9-16(15)13-24/h6-9H,3-5,10-14H2,1-2H3,(H,27,34)(H,26,31,33). The molecule has 0 saturated carbocycles. The first-order valence-electron chi connectivity index (χ1n) is 11.8. The Bertz CT molecular complexity index is 1420. The maximum absolute atomic E-state index is 13.5. The molecule has 1 aliphatic carbocycles. The van der Waals surface area contributed by atoms with Crippen LogP contribution in [0.4, 0.5) is 4.79 Å². The summed E-state index contributed by atoms with van der Waals surface area (Å²) >= 11 is 0. The Hall–Kier alpha value is -3.69. The zero-order valence-electron chi connectivity index (χ0n) is 19.4. The molecule has 1 aliphatic heterocycles. The van der Waals surface area contributed by atoms with Crippen molar-refractivity contribution in [2.24, 2.45) is 0 Å². The quantitative estimate of drug-likeness (QED) is 0.538. The number of hydrogen-bond donors (Lipinski definition) is 2. The fourth-order valence-corrected chi connectivity index (χ4v) is 5.19. The summed E-state index contributed by atoms with van der Waals surface area (Å²) in [5.41, 5.74) is 0.838. The fourth-order valence-electron chi connectivity index (χ4n) is 5.19. The Balaban J connectivity index is 1.52. The molecular formula is C24H28N6O4. The zero-order valence-corrected chi connectivity index (χ0v) is 19.4. The van der Waals surface area contributed by atoms with E-state index in [1.165, 1.54) is 15.0 Å². The normalized spacial score (nSPS) is 19.8. The molecule has 1 atom stereocenters. The number of carbonyl (C=O) groups is 2. The van der Waals surface area contributed by atoms with Crippen molar-refractivity contribution in [2.75, 3.05) is 0 Å². The van der Waals surface area contributed by atoms with E-state index in [1.54, 1.807) is 4.57 Å². The van der Waals surface area contributed by atoms with Gasteiger partial charge in [-0.25, -0.2) is 14.6 Å². The molecule has 1 spiro atoms. The molecule has 5 rings (SSSR count). The van der Waals surface area contributed by atoms with Gasteiger partial charge < -0.3 is 9.88 Å². The average molecular weight is 465 g/mol. The smallest absolute Gasteiger partial charge is 0.323 e. The Kier molecular flexibility index (Phi) is 5.38. The summed E-state index contributed by atoms with van der Waals surface area (Å²) in [7, 11) is 0. The molecular weight excluding hydrogens is 436 g/mol. The van der Waals surface area contributed by atoms with Crippen LogP contribution in [0, 0.1) is 0 Å². The SMILES string of the molecule is CCCCn1c(=O)[nH]c(=O)c2c1nc(CN1C(=O)NC3(CCc4ccccc4C3)C1=O)n2CC. The van der Waals surface area contributed by atoms with Crippen molar-refractivity contribution in [3.05, 3.63) is 62.1 Å². The number of carbonyl (C=O) groups excluding carboxylic acids is 2. The van der Waals surface area contributed by atoms with Gasteiger partial charge in [-0.05, 0) is 37.3 Å². The van der Waals surface area contributed by atoms with Gasteiger partial charge in [-0.15, -0.1) is 0 Å². The van der Waals surface area contributed by atoms with Crippen LogP contribution < -0.4 is 16.6 Å². The Labute approximate surface area is 195 Å². The fraction of sp³-hybridized carbons (Fsp3) is 0.458. The molecule has 2 aliphatic rings. The number of amides is 3. The third-order valence-electron chi connectivity index (χ3n) is 6.99. The van der Waals surface area contributed by atoms with Crippen LogP contribution in [0.5, 0.6) is 0 Å². The summed E-state index contributed by atoms with van der Waals surface area (Å²) in [6.07, 6.45) is 3.33. The molecule has 34 heavy (non-hydrogen) atoms. The lowest BCUT2D eigenvalue weighted by atomic mass is 9.78. The molecule has 0 bridgehead atoms. The van der Waals surface area contributed by atoms with Crippen molar-refractivity contribution in [2.45, 2.75) is 71.1 Å². The molecule has 10 nitrogen and oxygen atoms in total. The maximum atomic E-state index is 13.5. The van der Waals surface area contributed by atoms with Crippen molar-refractivity contribution in [1.29, 1.82) is 0 Å². The minimum absolute atomic E-state index is 0.0714. The van der Waals surface area contributed by atoms with Gasteiger partial charge >= 0.3 is 11.7 Å². The molecule has 3 aromatic rings. The van der Waals surface area contributed by atoms with E-state index in [1.807, 2.05) is 32.0 Å². The second-order valence-electron chi connectivity index (χ2n) is 9.06. The molecule has 1 saturated heterocycles. The average Bonchev–Trinajstić information content (AvgIpc) is 3.29. The monoisotopic (exact) mass is 464 g/mol. The summed E-state index contributed by atoms with van der Waals surface area (Å²) in [5, 5.41) is 2.94. The number of aromatic amines is 1. The number of rotatable bonds is 6. The van der Waals surface area contributed by atoms with E-state index in [-0.39, 0.29) is 23.6 Å². The number of H-pyrrole nitrogens is 1. The zero-order chi connectivity index (χ0) is 24.0. The first-order chi connectivity index (χ1) is 16.4. The molecule has 3 heterocycles. The highest BCUT2D eigenvalue weighted by molar-refractivity contribution is 6.07. The van der Waals surface area contributed by atoms with E-state index in [4.69, 9.17) is 0 Å². The molecule has 2 aromatic heterocycles. The molecule has 3 amide bonds. The number of imide groups is 1. The summed E-state index contributed by atoms with van der Waals surface area (Å²) in [6, 6.07) is 7.51. The Morgan fingerprint density at radius 2 is 1.82 bits per heavy atom. The maximum Gasteiger partial charge on any atom is 0.330 e. The first kappa shape index (κ1) is 22.1. The number of nitrogens with one attached hydrogen (secondary N) is 2. The number of aromatic nitrogens is 4. The predicted octanol–water partition coefficient (Wildman–Crippen LogP) is 1.69. The molecule has 1 unspecified atom stereocenters. The number of urea groups is 1. The van der Waals surface area contributed by atoms with E-state index in [2.05, 4.69) is 21.4 Å². The molecule has 10 heteroatoms. The van der Waals surface area contributed by atoms with E-state index < -0.39 is 22.8 Å². The summed E-state index contributed by atoms with van der Waals surface area (Å²) in [4.78, 5) is 59.7. The number of fused-ring (bicyclic) bond motifs is 2. The van der Waals surface area contributed by atoms with Gasteiger partial charge in [0.2, 0.25) is 0 Å². The van der Waals surface area contributed by atoms with Crippen LogP contribution in [0.3, 0.4) is 0 Å². The van der Waals surface area contributed by atoms with Gasteiger partial charge in [-0.2, -0.15) is 0 Å². The summed E-state index contributed by atoms with van der Waals surface area (Å²) in [6.45, 7) is 4.63. The Morgan fingerprint density at radius 3 is 2.56 bits per heavy atom. The summed E-state index contributed by atoms with van der Waals surface area (Å²) < 4.78 is 3.14. The molecule has 0 radical (unpaired) electrons. The van der Waals surface area contributed by atoms with Gasteiger partial charge in [0.1, 0.15) is 11.4 Å². The number of imidazole rings is 1. The van der Waals surface area contributed by atoms with Crippen LogP contribution in [0.15, 0.2) is 33.9 Å². The van der Waals surface area contributed by atoms with Crippen LogP contribution in [-0.2, 0) is 37.3 Å². The van der Waals surface area contributed by atoms with E-state index >= 15 is 0 Å². The van der Waals surface area contributed by atoms with Gasteiger partial charge in [0.15, 0.2) is 11.2 Å². The molecule has 1 aromatic carbocycles. The number of unbranched alkanes of at least 4 members (excludes halogenated alkanes) is 1. The summed E-state index contributed by atoms with van der Waals surface area (Å²) in [5.74, 6) is 0.120. The van der Waals surface area contributed by atoms with Gasteiger partial charge in [-0.3, -0.25) is 24.0 Å². The van der Waals surface area contributed by atoms with E-state index in [9.17, 15) is 19.2 Å². The van der Waals surface area contributed by atoms with Gasteiger partial charge in [0.05, 0.1) is 6.54 Å². The lowest BCUT2D eigenvalue weighted by Crippen LogP contribution is -2.51. The van der Waals surface area contributed by atoms with E-state index in [0.717, 1.165) is 18.4 Å².